The third kappa shape index (κ3) is 3.38. The number of hydrogen-bond acceptors (Lipinski definition) is 4. The minimum absolute atomic E-state index is 0.177. The summed E-state index contributed by atoms with van der Waals surface area (Å²) in [5.74, 6) is 0.323. The standard InChI is InChI=1S/C16H24N2O2/c1-12(2)13-4-6-14(7-5-13)15(16(19)20-3)18-10-8-17-9-11-18/h4-7,12,15,17H,8-11H2,1-3H3. The van der Waals surface area contributed by atoms with Crippen molar-refractivity contribution in [1.82, 2.24) is 10.2 Å². The van der Waals surface area contributed by atoms with Crippen molar-refractivity contribution in [3.05, 3.63) is 35.4 Å². The molecule has 0 saturated carbocycles. The van der Waals surface area contributed by atoms with Crippen molar-refractivity contribution in [2.45, 2.75) is 25.8 Å². The Balaban J connectivity index is 2.23. The molecule has 1 unspecified atom stereocenters. The van der Waals surface area contributed by atoms with E-state index in [2.05, 4.69) is 48.3 Å². The second-order valence-electron chi connectivity index (χ2n) is 5.53. The van der Waals surface area contributed by atoms with E-state index >= 15 is 0 Å². The third-order valence-electron chi connectivity index (χ3n) is 3.86. The van der Waals surface area contributed by atoms with Crippen LogP contribution < -0.4 is 5.32 Å². The van der Waals surface area contributed by atoms with E-state index < -0.39 is 0 Å². The maximum absolute atomic E-state index is 12.1. The van der Waals surface area contributed by atoms with E-state index in [9.17, 15) is 4.79 Å². The Morgan fingerprint density at radius 3 is 2.20 bits per heavy atom. The number of carbonyl (C=O) groups is 1. The Morgan fingerprint density at radius 2 is 1.70 bits per heavy atom. The molecule has 0 amide bonds. The number of benzene rings is 1. The number of rotatable bonds is 4. The molecule has 0 spiro atoms. The maximum atomic E-state index is 12.1. The smallest absolute Gasteiger partial charge is 0.327 e. The van der Waals surface area contributed by atoms with Crippen molar-refractivity contribution >= 4 is 5.97 Å². The molecule has 1 aromatic rings. The van der Waals surface area contributed by atoms with Gasteiger partial charge in [0.1, 0.15) is 6.04 Å². The number of hydrogen-bond donors (Lipinski definition) is 1. The van der Waals surface area contributed by atoms with E-state index in [0.717, 1.165) is 31.7 Å². The van der Waals surface area contributed by atoms with Gasteiger partial charge in [-0.15, -0.1) is 0 Å². The number of carbonyl (C=O) groups excluding carboxylic acids is 1. The van der Waals surface area contributed by atoms with Gasteiger partial charge in [0.2, 0.25) is 0 Å². The van der Waals surface area contributed by atoms with Crippen molar-refractivity contribution in [3.8, 4) is 0 Å². The molecular weight excluding hydrogens is 252 g/mol. The molecule has 1 heterocycles. The minimum Gasteiger partial charge on any atom is -0.468 e. The van der Waals surface area contributed by atoms with Crippen molar-refractivity contribution < 1.29 is 9.53 Å². The summed E-state index contributed by atoms with van der Waals surface area (Å²) < 4.78 is 5.00. The zero-order chi connectivity index (χ0) is 14.5. The van der Waals surface area contributed by atoms with Crippen LogP contribution >= 0.6 is 0 Å². The van der Waals surface area contributed by atoms with Gasteiger partial charge in [0.25, 0.3) is 0 Å². The lowest BCUT2D eigenvalue weighted by Crippen LogP contribution is -2.47. The van der Waals surface area contributed by atoms with Crippen LogP contribution in [0.5, 0.6) is 0 Å². The van der Waals surface area contributed by atoms with Crippen molar-refractivity contribution in [3.63, 3.8) is 0 Å². The summed E-state index contributed by atoms with van der Waals surface area (Å²) in [6.45, 7) is 7.90. The number of ether oxygens (including phenoxy) is 1. The predicted octanol–water partition coefficient (Wildman–Crippen LogP) is 1.93. The molecule has 1 N–H and O–H groups in total. The molecule has 1 aliphatic heterocycles. The van der Waals surface area contributed by atoms with Crippen LogP contribution in [0.4, 0.5) is 0 Å². The van der Waals surface area contributed by atoms with Crippen LogP contribution in [0.1, 0.15) is 36.9 Å². The van der Waals surface area contributed by atoms with E-state index in [-0.39, 0.29) is 12.0 Å². The highest BCUT2D eigenvalue weighted by Crippen LogP contribution is 2.24. The number of nitrogens with one attached hydrogen (secondary N) is 1. The fourth-order valence-corrected chi connectivity index (χ4v) is 2.61. The molecule has 110 valence electrons. The summed E-state index contributed by atoms with van der Waals surface area (Å²) in [5, 5.41) is 3.31. The number of esters is 1. The average Bonchev–Trinajstić information content (AvgIpc) is 2.49. The maximum Gasteiger partial charge on any atom is 0.327 e. The monoisotopic (exact) mass is 276 g/mol. The van der Waals surface area contributed by atoms with E-state index in [1.807, 2.05) is 0 Å². The van der Waals surface area contributed by atoms with Gasteiger partial charge in [0.05, 0.1) is 7.11 Å². The Bertz CT molecular complexity index is 436. The van der Waals surface area contributed by atoms with Gasteiger partial charge in [0.15, 0.2) is 0 Å². The second kappa shape index (κ2) is 6.86. The Kier molecular flexibility index (Phi) is 5.15. The van der Waals surface area contributed by atoms with Gasteiger partial charge < -0.3 is 10.1 Å². The largest absolute Gasteiger partial charge is 0.468 e. The van der Waals surface area contributed by atoms with Gasteiger partial charge in [-0.25, -0.2) is 4.79 Å². The molecule has 0 aromatic heterocycles. The van der Waals surface area contributed by atoms with Crippen LogP contribution in [0.3, 0.4) is 0 Å². The van der Waals surface area contributed by atoms with Gasteiger partial charge >= 0.3 is 5.97 Å². The zero-order valence-electron chi connectivity index (χ0n) is 12.6. The molecule has 0 bridgehead atoms. The molecule has 0 aliphatic carbocycles. The van der Waals surface area contributed by atoms with Crippen LogP contribution in [0.15, 0.2) is 24.3 Å². The first-order chi connectivity index (χ1) is 9.63. The fraction of sp³-hybridized carbons (Fsp3) is 0.562. The second-order valence-corrected chi connectivity index (χ2v) is 5.53. The van der Waals surface area contributed by atoms with Crippen LogP contribution in [-0.4, -0.2) is 44.2 Å². The topological polar surface area (TPSA) is 41.6 Å². The van der Waals surface area contributed by atoms with Gasteiger partial charge in [-0.3, -0.25) is 4.90 Å². The summed E-state index contributed by atoms with van der Waals surface area (Å²) in [4.78, 5) is 14.3. The van der Waals surface area contributed by atoms with E-state index in [1.54, 1.807) is 0 Å². The van der Waals surface area contributed by atoms with Crippen molar-refractivity contribution in [2.75, 3.05) is 33.3 Å². The van der Waals surface area contributed by atoms with Gasteiger partial charge in [-0.2, -0.15) is 0 Å². The molecule has 4 nitrogen and oxygen atoms in total. The summed E-state index contributed by atoms with van der Waals surface area (Å²) in [7, 11) is 1.46. The predicted molar refractivity (Wildman–Crippen MR) is 79.7 cm³/mol. The highest BCUT2D eigenvalue weighted by molar-refractivity contribution is 5.77. The van der Waals surface area contributed by atoms with E-state index in [4.69, 9.17) is 4.74 Å². The Labute approximate surface area is 121 Å². The Hall–Kier alpha value is -1.39. The SMILES string of the molecule is COC(=O)C(c1ccc(C(C)C)cc1)N1CCNCC1. The lowest BCUT2D eigenvalue weighted by atomic mass is 9.98. The Morgan fingerprint density at radius 1 is 1.15 bits per heavy atom. The molecule has 4 heteroatoms. The van der Waals surface area contributed by atoms with Crippen LogP contribution in [0.2, 0.25) is 0 Å². The number of methoxy groups -OCH3 is 1. The molecule has 2 rings (SSSR count). The zero-order valence-corrected chi connectivity index (χ0v) is 12.6. The van der Waals surface area contributed by atoms with Crippen molar-refractivity contribution in [1.29, 1.82) is 0 Å². The molecule has 1 fully saturated rings. The summed E-state index contributed by atoms with van der Waals surface area (Å²) in [6, 6.07) is 8.04. The van der Waals surface area contributed by atoms with Crippen LogP contribution in [-0.2, 0) is 9.53 Å². The average molecular weight is 276 g/mol. The molecule has 1 atom stereocenters. The normalized spacial score (nSPS) is 18.0. The first-order valence-electron chi connectivity index (χ1n) is 7.26. The quantitative estimate of drug-likeness (QED) is 0.853. The first kappa shape index (κ1) is 15.0. The van der Waals surface area contributed by atoms with Crippen LogP contribution in [0.25, 0.3) is 0 Å². The van der Waals surface area contributed by atoms with Gasteiger partial charge in [-0.05, 0) is 17.0 Å². The van der Waals surface area contributed by atoms with Crippen molar-refractivity contribution in [2.24, 2.45) is 0 Å². The minimum atomic E-state index is -0.289. The molecule has 0 radical (unpaired) electrons. The summed E-state index contributed by atoms with van der Waals surface area (Å²) in [5.41, 5.74) is 2.31. The molecule has 1 saturated heterocycles. The summed E-state index contributed by atoms with van der Waals surface area (Å²) >= 11 is 0. The van der Waals surface area contributed by atoms with E-state index in [1.165, 1.54) is 12.7 Å². The highest BCUT2D eigenvalue weighted by Gasteiger charge is 2.29. The first-order valence-corrected chi connectivity index (χ1v) is 7.26. The number of piperazine rings is 1. The third-order valence-corrected chi connectivity index (χ3v) is 3.86. The highest BCUT2D eigenvalue weighted by atomic mass is 16.5. The molecule has 1 aromatic carbocycles. The lowest BCUT2D eigenvalue weighted by Gasteiger charge is -2.33. The lowest BCUT2D eigenvalue weighted by molar-refractivity contribution is -0.147. The van der Waals surface area contributed by atoms with Crippen LogP contribution in [0, 0.1) is 0 Å². The summed E-state index contributed by atoms with van der Waals surface area (Å²) in [6.07, 6.45) is 0. The van der Waals surface area contributed by atoms with E-state index in [0.29, 0.717) is 5.92 Å². The number of nitrogens with zero attached hydrogens (tertiary/aromatic N) is 1. The molecular formula is C16H24N2O2. The molecule has 1 aliphatic rings. The van der Waals surface area contributed by atoms with Gasteiger partial charge in [0, 0.05) is 26.2 Å². The molecule has 20 heavy (non-hydrogen) atoms. The fourth-order valence-electron chi connectivity index (χ4n) is 2.61. The van der Waals surface area contributed by atoms with Gasteiger partial charge in [-0.1, -0.05) is 38.1 Å².